The van der Waals surface area contributed by atoms with E-state index in [9.17, 15) is 8.42 Å². The Morgan fingerprint density at radius 3 is 2.65 bits per heavy atom. The van der Waals surface area contributed by atoms with Gasteiger partial charge in [-0.15, -0.1) is 11.3 Å². The van der Waals surface area contributed by atoms with E-state index in [1.54, 1.807) is 12.1 Å². The first-order valence-corrected chi connectivity index (χ1v) is 10.1. The fourth-order valence-electron chi connectivity index (χ4n) is 2.38. The maximum Gasteiger partial charge on any atom is 0.250 e. The molecule has 1 fully saturated rings. The maximum absolute atomic E-state index is 12.2. The molecular weight excluding hydrogens is 360 g/mol. The molecule has 0 bridgehead atoms. The lowest BCUT2D eigenvalue weighted by Crippen LogP contribution is -2.44. The van der Waals surface area contributed by atoms with Crippen molar-refractivity contribution in [1.82, 2.24) is 9.62 Å². The van der Waals surface area contributed by atoms with Gasteiger partial charge in [0, 0.05) is 6.04 Å². The fraction of sp³-hybridized carbons (Fsp3) is 0.692. The molecular formula is C13H21BrN2O2S2. The third-order valence-corrected chi connectivity index (χ3v) is 7.19. The van der Waals surface area contributed by atoms with Crippen LogP contribution in [0, 0.1) is 0 Å². The zero-order valence-electron chi connectivity index (χ0n) is 11.6. The molecule has 0 radical (unpaired) electrons. The van der Waals surface area contributed by atoms with Crippen molar-refractivity contribution in [3.63, 3.8) is 0 Å². The lowest BCUT2D eigenvalue weighted by atomic mass is 10.1. The molecule has 2 heterocycles. The molecule has 1 aliphatic rings. The summed E-state index contributed by atoms with van der Waals surface area (Å²) in [5.41, 5.74) is 0. The third-order valence-electron chi connectivity index (χ3n) is 3.55. The van der Waals surface area contributed by atoms with Crippen LogP contribution in [0.1, 0.15) is 32.6 Å². The largest absolute Gasteiger partial charge is 0.303 e. The molecule has 7 heteroatoms. The molecule has 0 aromatic carbocycles. The van der Waals surface area contributed by atoms with Crippen LogP contribution in [0.5, 0.6) is 0 Å². The van der Waals surface area contributed by atoms with Gasteiger partial charge < -0.3 is 4.90 Å². The Balaban J connectivity index is 1.86. The molecule has 4 nitrogen and oxygen atoms in total. The second-order valence-corrected chi connectivity index (χ2v) is 9.55. The Kier molecular flexibility index (Phi) is 6.04. The zero-order valence-corrected chi connectivity index (χ0v) is 14.9. The standard InChI is InChI=1S/C13H21BrN2O2S2/c1-2-3-8-16-9-6-11(7-10-16)15-20(17,18)13-5-4-12(14)19-13/h4-5,11,15H,2-3,6-10H2,1H3. The average Bonchev–Trinajstić information content (AvgIpc) is 2.85. The summed E-state index contributed by atoms with van der Waals surface area (Å²) in [6.45, 7) is 5.30. The number of piperidine rings is 1. The van der Waals surface area contributed by atoms with Gasteiger partial charge in [-0.3, -0.25) is 0 Å². The first-order valence-electron chi connectivity index (χ1n) is 7.01. The van der Waals surface area contributed by atoms with Crippen molar-refractivity contribution in [1.29, 1.82) is 0 Å². The van der Waals surface area contributed by atoms with E-state index in [4.69, 9.17) is 0 Å². The summed E-state index contributed by atoms with van der Waals surface area (Å²) in [5.74, 6) is 0. The summed E-state index contributed by atoms with van der Waals surface area (Å²) in [5, 5.41) is 0. The summed E-state index contributed by atoms with van der Waals surface area (Å²) >= 11 is 4.55. The van der Waals surface area contributed by atoms with Crippen LogP contribution in [-0.4, -0.2) is 39.0 Å². The van der Waals surface area contributed by atoms with Gasteiger partial charge in [-0.1, -0.05) is 13.3 Å². The molecule has 20 heavy (non-hydrogen) atoms. The van der Waals surface area contributed by atoms with Crippen LogP contribution >= 0.6 is 27.3 Å². The van der Waals surface area contributed by atoms with Crippen molar-refractivity contribution >= 4 is 37.3 Å². The summed E-state index contributed by atoms with van der Waals surface area (Å²) < 4.78 is 28.5. The zero-order chi connectivity index (χ0) is 14.6. The number of hydrogen-bond acceptors (Lipinski definition) is 4. The smallest absolute Gasteiger partial charge is 0.250 e. The predicted octanol–water partition coefficient (Wildman–Crippen LogP) is 3.05. The lowest BCUT2D eigenvalue weighted by molar-refractivity contribution is 0.205. The van der Waals surface area contributed by atoms with E-state index >= 15 is 0 Å². The van der Waals surface area contributed by atoms with Crippen LogP contribution in [0.25, 0.3) is 0 Å². The molecule has 0 saturated carbocycles. The van der Waals surface area contributed by atoms with Gasteiger partial charge in [-0.2, -0.15) is 0 Å². The molecule has 1 N–H and O–H groups in total. The van der Waals surface area contributed by atoms with Crippen LogP contribution in [0.3, 0.4) is 0 Å². The third kappa shape index (κ3) is 4.53. The van der Waals surface area contributed by atoms with Crippen LogP contribution < -0.4 is 4.72 Å². The Labute approximate surface area is 133 Å². The number of rotatable bonds is 6. The number of thiophene rings is 1. The number of nitrogens with zero attached hydrogens (tertiary/aromatic N) is 1. The van der Waals surface area contributed by atoms with Gasteiger partial charge in [0.2, 0.25) is 10.0 Å². The highest BCUT2D eigenvalue weighted by atomic mass is 79.9. The molecule has 1 saturated heterocycles. The predicted molar refractivity (Wildman–Crippen MR) is 86.7 cm³/mol. The molecule has 1 aliphatic heterocycles. The van der Waals surface area contributed by atoms with E-state index in [1.165, 1.54) is 24.2 Å². The molecule has 0 unspecified atom stereocenters. The number of sulfonamides is 1. The van der Waals surface area contributed by atoms with Crippen molar-refractivity contribution in [3.05, 3.63) is 15.9 Å². The van der Waals surface area contributed by atoms with Gasteiger partial charge in [-0.25, -0.2) is 13.1 Å². The van der Waals surface area contributed by atoms with Gasteiger partial charge in [0.1, 0.15) is 4.21 Å². The summed E-state index contributed by atoms with van der Waals surface area (Å²) in [7, 11) is -3.35. The molecule has 0 amide bonds. The monoisotopic (exact) mass is 380 g/mol. The first-order chi connectivity index (χ1) is 9.51. The summed E-state index contributed by atoms with van der Waals surface area (Å²) in [6.07, 6.45) is 4.23. The average molecular weight is 381 g/mol. The summed E-state index contributed by atoms with van der Waals surface area (Å²) in [4.78, 5) is 2.43. The number of nitrogens with one attached hydrogen (secondary N) is 1. The fourth-order valence-corrected chi connectivity index (χ4v) is 5.71. The van der Waals surface area contributed by atoms with Crippen molar-refractivity contribution in [2.75, 3.05) is 19.6 Å². The van der Waals surface area contributed by atoms with Gasteiger partial charge in [0.15, 0.2) is 0 Å². The molecule has 114 valence electrons. The molecule has 1 aromatic heterocycles. The molecule has 0 atom stereocenters. The Hall–Kier alpha value is 0.0500. The minimum atomic E-state index is -3.35. The number of unbranched alkanes of at least 4 members (excludes halogenated alkanes) is 1. The van der Waals surface area contributed by atoms with E-state index in [0.717, 1.165) is 36.3 Å². The van der Waals surface area contributed by atoms with Crippen molar-refractivity contribution in [3.8, 4) is 0 Å². The van der Waals surface area contributed by atoms with E-state index < -0.39 is 10.0 Å². The van der Waals surface area contributed by atoms with Gasteiger partial charge in [-0.05, 0) is 67.0 Å². The van der Waals surface area contributed by atoms with E-state index in [1.807, 2.05) is 0 Å². The Bertz CT molecular complexity index is 522. The van der Waals surface area contributed by atoms with E-state index in [2.05, 4.69) is 32.5 Å². The van der Waals surface area contributed by atoms with Gasteiger partial charge >= 0.3 is 0 Å². The first kappa shape index (κ1) is 16.4. The van der Waals surface area contributed by atoms with Crippen molar-refractivity contribution < 1.29 is 8.42 Å². The second-order valence-electron chi connectivity index (χ2n) is 5.15. The van der Waals surface area contributed by atoms with Gasteiger partial charge in [0.05, 0.1) is 3.79 Å². The van der Waals surface area contributed by atoms with Crippen molar-refractivity contribution in [2.45, 2.75) is 42.9 Å². The highest BCUT2D eigenvalue weighted by Gasteiger charge is 2.25. The molecule has 2 rings (SSSR count). The minimum absolute atomic E-state index is 0.0683. The van der Waals surface area contributed by atoms with Crippen LogP contribution in [-0.2, 0) is 10.0 Å². The number of halogens is 1. The van der Waals surface area contributed by atoms with E-state index in [-0.39, 0.29) is 6.04 Å². The normalized spacial score (nSPS) is 18.5. The van der Waals surface area contributed by atoms with E-state index in [0.29, 0.717) is 4.21 Å². The molecule has 1 aromatic rings. The number of likely N-dealkylation sites (tertiary alicyclic amines) is 1. The van der Waals surface area contributed by atoms with Crippen molar-refractivity contribution in [2.24, 2.45) is 0 Å². The second kappa shape index (κ2) is 7.35. The minimum Gasteiger partial charge on any atom is -0.303 e. The quantitative estimate of drug-likeness (QED) is 0.824. The topological polar surface area (TPSA) is 49.4 Å². The lowest BCUT2D eigenvalue weighted by Gasteiger charge is -2.31. The van der Waals surface area contributed by atoms with Gasteiger partial charge in [0.25, 0.3) is 0 Å². The van der Waals surface area contributed by atoms with Crippen LogP contribution in [0.2, 0.25) is 0 Å². The summed E-state index contributed by atoms with van der Waals surface area (Å²) in [6, 6.07) is 3.49. The highest BCUT2D eigenvalue weighted by Crippen LogP contribution is 2.26. The van der Waals surface area contributed by atoms with Crippen LogP contribution in [0.15, 0.2) is 20.1 Å². The maximum atomic E-state index is 12.2. The number of hydrogen-bond donors (Lipinski definition) is 1. The Morgan fingerprint density at radius 1 is 1.40 bits per heavy atom. The molecule has 0 aliphatic carbocycles. The Morgan fingerprint density at radius 2 is 2.10 bits per heavy atom. The van der Waals surface area contributed by atoms with Crippen LogP contribution in [0.4, 0.5) is 0 Å². The SMILES string of the molecule is CCCCN1CCC(NS(=O)(=O)c2ccc(Br)s2)CC1. The highest BCUT2D eigenvalue weighted by molar-refractivity contribution is 9.11. The molecule has 0 spiro atoms.